The molecule has 25 heavy (non-hydrogen) atoms. The molecule has 0 saturated carbocycles. The molecule has 1 amide bonds. The van der Waals surface area contributed by atoms with E-state index >= 15 is 0 Å². The predicted octanol–water partition coefficient (Wildman–Crippen LogP) is 4.91. The molecule has 0 spiro atoms. The third kappa shape index (κ3) is 3.96. The molecule has 0 unspecified atom stereocenters. The number of hydrogen-bond donors (Lipinski definition) is 0. The monoisotopic (exact) mass is 402 g/mol. The van der Waals surface area contributed by atoms with Gasteiger partial charge in [0, 0.05) is 34.8 Å². The molecule has 128 valence electrons. The maximum Gasteiger partial charge on any atom is 0.292 e. The molecule has 1 heterocycles. The summed E-state index contributed by atoms with van der Waals surface area (Å²) < 4.78 is 19.9. The van der Waals surface area contributed by atoms with Crippen LogP contribution in [0.1, 0.15) is 23.0 Å². The van der Waals surface area contributed by atoms with Crippen molar-refractivity contribution >= 4 is 21.8 Å². The highest BCUT2D eigenvalue weighted by atomic mass is 79.9. The Labute approximate surface area is 153 Å². The third-order valence-corrected chi connectivity index (χ3v) is 4.32. The van der Waals surface area contributed by atoms with Crippen LogP contribution >= 0.6 is 15.9 Å². The molecule has 0 aliphatic heterocycles. The van der Waals surface area contributed by atoms with Crippen LogP contribution in [0.2, 0.25) is 0 Å². The van der Waals surface area contributed by atoms with Gasteiger partial charge in [0.05, 0.1) is 0 Å². The first-order valence-corrected chi connectivity index (χ1v) is 8.63. The highest BCUT2D eigenvalue weighted by molar-refractivity contribution is 9.10. The van der Waals surface area contributed by atoms with E-state index in [0.717, 1.165) is 10.0 Å². The van der Waals surface area contributed by atoms with Crippen LogP contribution in [0.4, 0.5) is 4.39 Å². The highest BCUT2D eigenvalue weighted by Gasteiger charge is 2.21. The zero-order chi connectivity index (χ0) is 17.8. The minimum Gasteiger partial charge on any atom is -0.350 e. The first kappa shape index (κ1) is 17.4. The Hall–Kier alpha value is -2.47. The number of amides is 1. The van der Waals surface area contributed by atoms with Gasteiger partial charge in [0.1, 0.15) is 11.5 Å². The zero-order valence-electron chi connectivity index (χ0n) is 13.6. The molecule has 0 aliphatic carbocycles. The van der Waals surface area contributed by atoms with Crippen molar-refractivity contribution in [2.75, 3.05) is 6.54 Å². The molecule has 4 nitrogen and oxygen atoms in total. The normalized spacial score (nSPS) is 10.7. The van der Waals surface area contributed by atoms with Gasteiger partial charge in [-0.25, -0.2) is 4.39 Å². The van der Waals surface area contributed by atoms with E-state index in [2.05, 4.69) is 21.1 Å². The van der Waals surface area contributed by atoms with Gasteiger partial charge in [-0.05, 0) is 25.1 Å². The van der Waals surface area contributed by atoms with Crippen molar-refractivity contribution in [2.24, 2.45) is 0 Å². The summed E-state index contributed by atoms with van der Waals surface area (Å²) >= 11 is 3.32. The van der Waals surface area contributed by atoms with Gasteiger partial charge in [0.2, 0.25) is 5.76 Å². The molecule has 0 radical (unpaired) electrons. The van der Waals surface area contributed by atoms with E-state index in [1.165, 1.54) is 11.0 Å². The van der Waals surface area contributed by atoms with Crippen LogP contribution in [-0.2, 0) is 6.54 Å². The fourth-order valence-electron chi connectivity index (χ4n) is 2.47. The second-order valence-electron chi connectivity index (χ2n) is 5.50. The Bertz CT molecular complexity index is 880. The summed E-state index contributed by atoms with van der Waals surface area (Å²) in [5, 5.41) is 3.96. The summed E-state index contributed by atoms with van der Waals surface area (Å²) in [6.45, 7) is 2.41. The zero-order valence-corrected chi connectivity index (χ0v) is 15.2. The van der Waals surface area contributed by atoms with Crippen LogP contribution in [0, 0.1) is 5.82 Å². The molecule has 0 atom stereocenters. The van der Waals surface area contributed by atoms with Crippen LogP contribution in [0.3, 0.4) is 0 Å². The van der Waals surface area contributed by atoms with Gasteiger partial charge in [-0.3, -0.25) is 4.79 Å². The number of rotatable bonds is 5. The van der Waals surface area contributed by atoms with Gasteiger partial charge < -0.3 is 9.42 Å². The van der Waals surface area contributed by atoms with Gasteiger partial charge in [0.25, 0.3) is 5.91 Å². The molecule has 0 fully saturated rings. The standard InChI is InChI=1S/C19H16BrFN2O2/c1-2-23(12-14-10-15(20)8-9-16(14)21)19(24)18-11-17(22-25-18)13-6-4-3-5-7-13/h3-11H,2,12H2,1H3. The maximum atomic E-state index is 14.0. The smallest absolute Gasteiger partial charge is 0.292 e. The van der Waals surface area contributed by atoms with Crippen molar-refractivity contribution in [1.82, 2.24) is 10.1 Å². The molecular weight excluding hydrogens is 387 g/mol. The van der Waals surface area contributed by atoms with Crippen LogP contribution in [-0.4, -0.2) is 22.5 Å². The predicted molar refractivity (Wildman–Crippen MR) is 96.5 cm³/mol. The van der Waals surface area contributed by atoms with Crippen LogP contribution in [0.25, 0.3) is 11.3 Å². The van der Waals surface area contributed by atoms with E-state index in [9.17, 15) is 9.18 Å². The van der Waals surface area contributed by atoms with E-state index in [-0.39, 0.29) is 24.0 Å². The molecule has 6 heteroatoms. The van der Waals surface area contributed by atoms with Crippen molar-refractivity contribution in [1.29, 1.82) is 0 Å². The quantitative estimate of drug-likeness (QED) is 0.609. The van der Waals surface area contributed by atoms with Crippen molar-refractivity contribution in [3.05, 3.63) is 76.2 Å². The van der Waals surface area contributed by atoms with E-state index in [0.29, 0.717) is 17.8 Å². The number of aromatic nitrogens is 1. The van der Waals surface area contributed by atoms with E-state index in [4.69, 9.17) is 4.52 Å². The van der Waals surface area contributed by atoms with E-state index in [1.807, 2.05) is 37.3 Å². The Morgan fingerprint density at radius 3 is 2.68 bits per heavy atom. The van der Waals surface area contributed by atoms with Crippen LogP contribution in [0.15, 0.2) is 63.6 Å². The molecular formula is C19H16BrFN2O2. The second-order valence-corrected chi connectivity index (χ2v) is 6.41. The number of carbonyl (C=O) groups is 1. The number of halogens is 2. The maximum absolute atomic E-state index is 14.0. The number of nitrogens with zero attached hydrogens (tertiary/aromatic N) is 2. The number of hydrogen-bond acceptors (Lipinski definition) is 3. The average Bonchev–Trinajstić information content (AvgIpc) is 3.13. The summed E-state index contributed by atoms with van der Waals surface area (Å²) in [5.74, 6) is -0.537. The van der Waals surface area contributed by atoms with E-state index in [1.54, 1.807) is 18.2 Å². The van der Waals surface area contributed by atoms with Crippen LogP contribution < -0.4 is 0 Å². The molecule has 0 bridgehead atoms. The SMILES string of the molecule is CCN(Cc1cc(Br)ccc1F)C(=O)c1cc(-c2ccccc2)no1. The first-order chi connectivity index (χ1) is 12.1. The average molecular weight is 403 g/mol. The fraction of sp³-hybridized carbons (Fsp3) is 0.158. The third-order valence-electron chi connectivity index (χ3n) is 3.83. The summed E-state index contributed by atoms with van der Waals surface area (Å²) in [5.41, 5.74) is 1.90. The lowest BCUT2D eigenvalue weighted by molar-refractivity contribution is 0.0709. The van der Waals surface area contributed by atoms with E-state index < -0.39 is 0 Å². The molecule has 3 rings (SSSR count). The van der Waals surface area contributed by atoms with Crippen LogP contribution in [0.5, 0.6) is 0 Å². The summed E-state index contributed by atoms with van der Waals surface area (Å²) in [7, 11) is 0. The lowest BCUT2D eigenvalue weighted by Crippen LogP contribution is -2.30. The van der Waals surface area contributed by atoms with Crippen molar-refractivity contribution in [3.63, 3.8) is 0 Å². The Morgan fingerprint density at radius 2 is 1.96 bits per heavy atom. The Balaban J connectivity index is 1.81. The molecule has 1 aromatic heterocycles. The minimum absolute atomic E-state index is 0.135. The lowest BCUT2D eigenvalue weighted by Gasteiger charge is -2.19. The van der Waals surface area contributed by atoms with Gasteiger partial charge in [-0.2, -0.15) is 0 Å². The second kappa shape index (κ2) is 7.61. The largest absolute Gasteiger partial charge is 0.350 e. The number of benzene rings is 2. The van der Waals surface area contributed by atoms with Crippen molar-refractivity contribution in [2.45, 2.75) is 13.5 Å². The highest BCUT2D eigenvalue weighted by Crippen LogP contribution is 2.21. The lowest BCUT2D eigenvalue weighted by atomic mass is 10.1. The van der Waals surface area contributed by atoms with Crippen molar-refractivity contribution < 1.29 is 13.7 Å². The van der Waals surface area contributed by atoms with Crippen molar-refractivity contribution in [3.8, 4) is 11.3 Å². The van der Waals surface area contributed by atoms with Gasteiger partial charge in [-0.1, -0.05) is 51.4 Å². The summed E-state index contributed by atoms with van der Waals surface area (Å²) in [6.07, 6.45) is 0. The molecule has 0 saturated heterocycles. The Morgan fingerprint density at radius 1 is 1.20 bits per heavy atom. The van der Waals surface area contributed by atoms with Gasteiger partial charge >= 0.3 is 0 Å². The summed E-state index contributed by atoms with van der Waals surface area (Å²) in [4.78, 5) is 14.2. The van der Waals surface area contributed by atoms with Gasteiger partial charge in [0.15, 0.2) is 0 Å². The topological polar surface area (TPSA) is 46.3 Å². The molecule has 0 N–H and O–H groups in total. The van der Waals surface area contributed by atoms with Gasteiger partial charge in [-0.15, -0.1) is 0 Å². The summed E-state index contributed by atoms with van der Waals surface area (Å²) in [6, 6.07) is 15.7. The minimum atomic E-state index is -0.350. The first-order valence-electron chi connectivity index (χ1n) is 7.84. The fourth-order valence-corrected chi connectivity index (χ4v) is 2.88. The number of carbonyl (C=O) groups excluding carboxylic acids is 1. The Kier molecular flexibility index (Phi) is 5.28. The molecule has 2 aromatic carbocycles. The molecule has 3 aromatic rings. The molecule has 0 aliphatic rings.